The summed E-state index contributed by atoms with van der Waals surface area (Å²) in [6.07, 6.45) is 1.39. The van der Waals surface area contributed by atoms with E-state index in [2.05, 4.69) is 0 Å². The van der Waals surface area contributed by atoms with Crippen LogP contribution in [0.15, 0.2) is 56.5 Å². The van der Waals surface area contributed by atoms with Crippen LogP contribution in [-0.2, 0) is 6.54 Å². The maximum atomic E-state index is 12.0. The Morgan fingerprint density at radius 3 is 2.52 bits per heavy atom. The van der Waals surface area contributed by atoms with Crippen LogP contribution < -0.4 is 16.1 Å². The summed E-state index contributed by atoms with van der Waals surface area (Å²) in [6.45, 7) is 0.881. The van der Waals surface area contributed by atoms with Gasteiger partial charge in [0.05, 0.1) is 22.5 Å². The predicted octanol–water partition coefficient (Wildman–Crippen LogP) is 4.12. The van der Waals surface area contributed by atoms with Gasteiger partial charge in [-0.25, -0.2) is 9.59 Å². The van der Waals surface area contributed by atoms with Gasteiger partial charge in [-0.2, -0.15) is 0 Å². The van der Waals surface area contributed by atoms with E-state index in [0.29, 0.717) is 40.5 Å². The Kier molecular flexibility index (Phi) is 5.46. The first-order chi connectivity index (χ1) is 12.1. The number of hydrogen-bond donors (Lipinski definition) is 0. The van der Waals surface area contributed by atoms with Gasteiger partial charge in [-0.15, -0.1) is 0 Å². The largest absolute Gasteiger partial charge is 0.494 e. The Labute approximate surface area is 153 Å². The number of ether oxygens (including phenoxy) is 1. The number of rotatable bonds is 6. The van der Waals surface area contributed by atoms with Gasteiger partial charge in [0.2, 0.25) is 0 Å². The van der Waals surface area contributed by atoms with E-state index in [9.17, 15) is 9.59 Å². The molecule has 0 N–H and O–H groups in total. The van der Waals surface area contributed by atoms with Crippen LogP contribution in [-0.4, -0.2) is 11.2 Å². The molecule has 0 atom stereocenters. The van der Waals surface area contributed by atoms with Gasteiger partial charge in [-0.1, -0.05) is 29.3 Å². The highest BCUT2D eigenvalue weighted by Gasteiger charge is 2.12. The molecule has 1 aromatic heterocycles. The first-order valence-corrected chi connectivity index (χ1v) is 8.52. The lowest BCUT2D eigenvalue weighted by atomic mass is 10.2. The van der Waals surface area contributed by atoms with Crippen molar-refractivity contribution in [1.29, 1.82) is 0 Å². The maximum absolute atomic E-state index is 12.0. The van der Waals surface area contributed by atoms with Crippen molar-refractivity contribution in [3.8, 4) is 5.75 Å². The molecule has 3 aromatic rings. The van der Waals surface area contributed by atoms with Crippen molar-refractivity contribution < 1.29 is 9.15 Å². The topological polar surface area (TPSA) is 61.4 Å². The first-order valence-electron chi connectivity index (χ1n) is 7.77. The molecule has 3 rings (SSSR count). The number of fused-ring (bicyclic) bond motifs is 1. The molecule has 0 radical (unpaired) electrons. The van der Waals surface area contributed by atoms with Gasteiger partial charge in [0.25, 0.3) is 0 Å². The number of unbranched alkanes of at least 4 members (excludes halogenated alkanes) is 1. The van der Waals surface area contributed by atoms with Gasteiger partial charge in [0, 0.05) is 11.6 Å². The van der Waals surface area contributed by atoms with Crippen molar-refractivity contribution in [3.05, 3.63) is 73.5 Å². The van der Waals surface area contributed by atoms with Crippen molar-refractivity contribution in [2.75, 3.05) is 6.61 Å². The summed E-state index contributed by atoms with van der Waals surface area (Å²) in [7, 11) is 0. The van der Waals surface area contributed by atoms with Gasteiger partial charge in [-0.05, 0) is 49.2 Å². The molecule has 5 nitrogen and oxygen atoms in total. The summed E-state index contributed by atoms with van der Waals surface area (Å²) < 4.78 is 11.8. The Morgan fingerprint density at radius 2 is 1.76 bits per heavy atom. The molecule has 0 amide bonds. The minimum Gasteiger partial charge on any atom is -0.494 e. The Morgan fingerprint density at radius 1 is 1.00 bits per heavy atom. The molecule has 25 heavy (non-hydrogen) atoms. The molecule has 2 aromatic carbocycles. The first kappa shape index (κ1) is 17.6. The molecule has 7 heteroatoms. The number of para-hydroxylation sites is 1. The lowest BCUT2D eigenvalue weighted by Gasteiger charge is -2.10. The van der Waals surface area contributed by atoms with E-state index in [1.165, 1.54) is 4.57 Å². The fourth-order valence-electron chi connectivity index (χ4n) is 2.53. The van der Waals surface area contributed by atoms with Crippen LogP contribution in [0.2, 0.25) is 10.0 Å². The molecule has 0 bridgehead atoms. The molecular formula is C18H15Cl2NO4. The van der Waals surface area contributed by atoms with Crippen molar-refractivity contribution >= 4 is 34.1 Å². The zero-order chi connectivity index (χ0) is 17.8. The Hall–Kier alpha value is -2.24. The van der Waals surface area contributed by atoms with E-state index in [-0.39, 0.29) is 0 Å². The van der Waals surface area contributed by atoms with Crippen LogP contribution in [0.4, 0.5) is 0 Å². The molecule has 0 aliphatic rings. The van der Waals surface area contributed by atoms with Crippen molar-refractivity contribution in [3.63, 3.8) is 0 Å². The van der Waals surface area contributed by atoms with Gasteiger partial charge in [-0.3, -0.25) is 4.57 Å². The Balaban J connectivity index is 1.66. The van der Waals surface area contributed by atoms with Crippen molar-refractivity contribution in [2.24, 2.45) is 0 Å². The highest BCUT2D eigenvalue weighted by atomic mass is 35.5. The van der Waals surface area contributed by atoms with Crippen LogP contribution in [0.5, 0.6) is 5.75 Å². The summed E-state index contributed by atoms with van der Waals surface area (Å²) in [4.78, 5) is 23.8. The van der Waals surface area contributed by atoms with Crippen LogP contribution in [0.3, 0.4) is 0 Å². The average Bonchev–Trinajstić information content (AvgIpc) is 2.59. The number of benzene rings is 2. The SMILES string of the molecule is O=c1oc(=O)n(CCCCOc2ccc(Cl)cc2)c2c(Cl)cccc12. The van der Waals surface area contributed by atoms with Crippen LogP contribution in [0.25, 0.3) is 10.9 Å². The third-order valence-electron chi connectivity index (χ3n) is 3.74. The minimum atomic E-state index is -0.704. The fraction of sp³-hybridized carbons (Fsp3) is 0.222. The monoisotopic (exact) mass is 379 g/mol. The number of nitrogens with zero attached hydrogens (tertiary/aromatic N) is 1. The van der Waals surface area contributed by atoms with Gasteiger partial charge in [0.15, 0.2) is 0 Å². The quantitative estimate of drug-likeness (QED) is 0.604. The summed E-state index contributed by atoms with van der Waals surface area (Å²) in [6, 6.07) is 12.0. The van der Waals surface area contributed by atoms with E-state index in [1.807, 2.05) is 0 Å². The molecule has 0 aliphatic heterocycles. The van der Waals surface area contributed by atoms with Gasteiger partial charge in [0.1, 0.15) is 5.75 Å². The number of halogens is 2. The minimum absolute atomic E-state index is 0.296. The molecule has 0 saturated carbocycles. The fourth-order valence-corrected chi connectivity index (χ4v) is 2.93. The van der Waals surface area contributed by atoms with Gasteiger partial charge < -0.3 is 9.15 Å². The highest BCUT2D eigenvalue weighted by molar-refractivity contribution is 6.35. The molecule has 0 aliphatic carbocycles. The zero-order valence-electron chi connectivity index (χ0n) is 13.2. The molecule has 130 valence electrons. The maximum Gasteiger partial charge on any atom is 0.422 e. The second-order valence-corrected chi connectivity index (χ2v) is 6.30. The van der Waals surface area contributed by atoms with E-state index >= 15 is 0 Å². The van der Waals surface area contributed by atoms with E-state index in [0.717, 1.165) is 12.2 Å². The lowest BCUT2D eigenvalue weighted by Crippen LogP contribution is -2.25. The lowest BCUT2D eigenvalue weighted by molar-refractivity contribution is 0.301. The average molecular weight is 380 g/mol. The summed E-state index contributed by atoms with van der Waals surface area (Å²) in [5.41, 5.74) is -0.270. The highest BCUT2D eigenvalue weighted by Crippen LogP contribution is 2.20. The molecular weight excluding hydrogens is 365 g/mol. The predicted molar refractivity (Wildman–Crippen MR) is 97.9 cm³/mol. The van der Waals surface area contributed by atoms with Crippen molar-refractivity contribution in [1.82, 2.24) is 4.57 Å². The van der Waals surface area contributed by atoms with Crippen molar-refractivity contribution in [2.45, 2.75) is 19.4 Å². The molecule has 1 heterocycles. The van der Waals surface area contributed by atoms with E-state index < -0.39 is 11.4 Å². The third-order valence-corrected chi connectivity index (χ3v) is 4.29. The normalized spacial score (nSPS) is 11.0. The second-order valence-electron chi connectivity index (χ2n) is 5.45. The molecule has 0 unspecified atom stereocenters. The molecule has 0 fully saturated rings. The van der Waals surface area contributed by atoms with Gasteiger partial charge >= 0.3 is 11.4 Å². The smallest absolute Gasteiger partial charge is 0.422 e. The number of aromatic nitrogens is 1. The number of hydrogen-bond acceptors (Lipinski definition) is 4. The third kappa shape index (κ3) is 4.06. The van der Waals surface area contributed by atoms with E-state index in [1.54, 1.807) is 42.5 Å². The zero-order valence-corrected chi connectivity index (χ0v) is 14.7. The van der Waals surface area contributed by atoms with E-state index in [4.69, 9.17) is 32.4 Å². The summed E-state index contributed by atoms with van der Waals surface area (Å²) >= 11 is 12.0. The standard InChI is InChI=1S/C18H15Cl2NO4/c19-12-6-8-13(9-7-12)24-11-2-1-10-21-16-14(4-3-5-15(16)20)17(22)25-18(21)23/h3-9H,1-2,10-11H2. The van der Waals surface area contributed by atoms with Crippen LogP contribution in [0.1, 0.15) is 12.8 Å². The molecule has 0 saturated heterocycles. The Bertz CT molecular complexity index is 993. The van der Waals surface area contributed by atoms with Crippen LogP contribution >= 0.6 is 23.2 Å². The summed E-state index contributed by atoms with van der Waals surface area (Å²) in [5.74, 6) is 0.0324. The molecule has 0 spiro atoms. The second kappa shape index (κ2) is 7.76. The summed E-state index contributed by atoms with van der Waals surface area (Å²) in [5, 5.41) is 1.30. The number of aryl methyl sites for hydroxylation is 1. The van der Waals surface area contributed by atoms with Crippen LogP contribution in [0, 0.1) is 0 Å².